The number of nitrogens with zero attached hydrogens (tertiary/aromatic N) is 1. The summed E-state index contributed by atoms with van der Waals surface area (Å²) in [5.41, 5.74) is 7.92. The SMILES string of the molecule is CC1Cc2ccc([N+](=O)[O-])cc2C1(C)N. The highest BCUT2D eigenvalue weighted by molar-refractivity contribution is 5.46. The second kappa shape index (κ2) is 3.03. The van der Waals surface area contributed by atoms with Crippen LogP contribution in [-0.4, -0.2) is 4.92 Å². The standard InChI is InChI=1S/C11H14N2O2/c1-7-5-8-3-4-9(13(14)15)6-10(8)11(7,2)12/h3-4,6-7H,5,12H2,1-2H3. The second-order valence-corrected chi connectivity index (χ2v) is 4.49. The number of hydrogen-bond donors (Lipinski definition) is 1. The molecular weight excluding hydrogens is 192 g/mol. The summed E-state index contributed by atoms with van der Waals surface area (Å²) in [6.07, 6.45) is 0.903. The minimum Gasteiger partial charge on any atom is -0.321 e. The van der Waals surface area contributed by atoms with E-state index in [1.54, 1.807) is 12.1 Å². The third-order valence-electron chi connectivity index (χ3n) is 3.43. The molecule has 0 radical (unpaired) electrons. The lowest BCUT2D eigenvalue weighted by Gasteiger charge is -2.24. The number of nitrogens with two attached hydrogens (primary N) is 1. The molecule has 0 spiro atoms. The zero-order chi connectivity index (χ0) is 11.2. The molecule has 0 heterocycles. The summed E-state index contributed by atoms with van der Waals surface area (Å²) in [7, 11) is 0. The van der Waals surface area contributed by atoms with E-state index >= 15 is 0 Å². The normalized spacial score (nSPS) is 28.9. The highest BCUT2D eigenvalue weighted by atomic mass is 16.6. The second-order valence-electron chi connectivity index (χ2n) is 4.49. The molecule has 0 saturated heterocycles. The molecule has 0 aliphatic heterocycles. The highest BCUT2D eigenvalue weighted by Crippen LogP contribution is 2.40. The van der Waals surface area contributed by atoms with Gasteiger partial charge in [-0.2, -0.15) is 0 Å². The lowest BCUT2D eigenvalue weighted by molar-refractivity contribution is -0.385. The van der Waals surface area contributed by atoms with E-state index in [9.17, 15) is 10.1 Å². The molecule has 15 heavy (non-hydrogen) atoms. The molecule has 1 aliphatic carbocycles. The van der Waals surface area contributed by atoms with Crippen LogP contribution in [0.1, 0.15) is 25.0 Å². The van der Waals surface area contributed by atoms with Crippen LogP contribution in [0, 0.1) is 16.0 Å². The third kappa shape index (κ3) is 1.41. The van der Waals surface area contributed by atoms with Gasteiger partial charge >= 0.3 is 0 Å². The van der Waals surface area contributed by atoms with Crippen LogP contribution in [0.3, 0.4) is 0 Å². The maximum atomic E-state index is 10.7. The molecule has 1 aromatic carbocycles. The third-order valence-corrected chi connectivity index (χ3v) is 3.43. The molecule has 2 unspecified atom stereocenters. The zero-order valence-corrected chi connectivity index (χ0v) is 8.86. The lowest BCUT2D eigenvalue weighted by atomic mass is 9.88. The van der Waals surface area contributed by atoms with E-state index in [4.69, 9.17) is 5.73 Å². The summed E-state index contributed by atoms with van der Waals surface area (Å²) < 4.78 is 0. The van der Waals surface area contributed by atoms with Crippen molar-refractivity contribution in [2.24, 2.45) is 11.7 Å². The molecule has 2 N–H and O–H groups in total. The van der Waals surface area contributed by atoms with Gasteiger partial charge in [0.05, 0.1) is 4.92 Å². The van der Waals surface area contributed by atoms with Crippen molar-refractivity contribution in [1.29, 1.82) is 0 Å². The predicted octanol–water partition coefficient (Wildman–Crippen LogP) is 1.96. The topological polar surface area (TPSA) is 69.2 Å². The number of fused-ring (bicyclic) bond motifs is 1. The first kappa shape index (κ1) is 10.1. The fourth-order valence-electron chi connectivity index (χ4n) is 2.16. The Hall–Kier alpha value is -1.42. The van der Waals surface area contributed by atoms with E-state index in [0.717, 1.165) is 17.5 Å². The van der Waals surface area contributed by atoms with Gasteiger partial charge in [-0.05, 0) is 30.4 Å². The molecule has 2 rings (SSSR count). The van der Waals surface area contributed by atoms with Crippen molar-refractivity contribution >= 4 is 5.69 Å². The first-order chi connectivity index (χ1) is 6.93. The number of rotatable bonds is 1. The molecule has 1 aliphatic rings. The summed E-state index contributed by atoms with van der Waals surface area (Å²) in [5.74, 6) is 0.328. The van der Waals surface area contributed by atoms with Gasteiger partial charge < -0.3 is 5.73 Å². The average Bonchev–Trinajstić information content (AvgIpc) is 2.38. The van der Waals surface area contributed by atoms with Gasteiger partial charge in [0.15, 0.2) is 0 Å². The maximum absolute atomic E-state index is 10.7. The van der Waals surface area contributed by atoms with E-state index in [1.807, 2.05) is 13.0 Å². The first-order valence-electron chi connectivity index (χ1n) is 4.99. The molecule has 4 heteroatoms. The predicted molar refractivity (Wildman–Crippen MR) is 57.5 cm³/mol. The Morgan fingerprint density at radius 3 is 2.87 bits per heavy atom. The molecule has 0 saturated carbocycles. The molecule has 0 aromatic heterocycles. The van der Waals surface area contributed by atoms with Crippen molar-refractivity contribution in [1.82, 2.24) is 0 Å². The van der Waals surface area contributed by atoms with Gasteiger partial charge in [0.2, 0.25) is 0 Å². The van der Waals surface area contributed by atoms with E-state index in [-0.39, 0.29) is 10.6 Å². The van der Waals surface area contributed by atoms with Crippen LogP contribution in [0.25, 0.3) is 0 Å². The number of nitro groups is 1. The van der Waals surface area contributed by atoms with Crippen LogP contribution in [0.2, 0.25) is 0 Å². The van der Waals surface area contributed by atoms with E-state index in [0.29, 0.717) is 5.92 Å². The van der Waals surface area contributed by atoms with Crippen LogP contribution in [0.4, 0.5) is 5.69 Å². The minimum atomic E-state index is -0.443. The molecule has 2 atom stereocenters. The fraction of sp³-hybridized carbons (Fsp3) is 0.455. The smallest absolute Gasteiger partial charge is 0.269 e. The Morgan fingerprint density at radius 2 is 2.27 bits per heavy atom. The van der Waals surface area contributed by atoms with E-state index < -0.39 is 5.54 Å². The summed E-state index contributed by atoms with van der Waals surface area (Å²) in [4.78, 5) is 10.3. The Morgan fingerprint density at radius 1 is 1.60 bits per heavy atom. The van der Waals surface area contributed by atoms with Crippen LogP contribution in [0.15, 0.2) is 18.2 Å². The van der Waals surface area contributed by atoms with Crippen molar-refractivity contribution in [2.45, 2.75) is 25.8 Å². The Balaban J connectivity index is 2.55. The average molecular weight is 206 g/mol. The largest absolute Gasteiger partial charge is 0.321 e. The fourth-order valence-corrected chi connectivity index (χ4v) is 2.16. The van der Waals surface area contributed by atoms with E-state index in [2.05, 4.69) is 6.92 Å². The van der Waals surface area contributed by atoms with Gasteiger partial charge in [0.25, 0.3) is 5.69 Å². The monoisotopic (exact) mass is 206 g/mol. The van der Waals surface area contributed by atoms with Crippen LogP contribution in [-0.2, 0) is 12.0 Å². The van der Waals surface area contributed by atoms with Crippen LogP contribution < -0.4 is 5.73 Å². The van der Waals surface area contributed by atoms with Crippen molar-refractivity contribution in [3.8, 4) is 0 Å². The van der Waals surface area contributed by atoms with Crippen molar-refractivity contribution in [2.75, 3.05) is 0 Å². The van der Waals surface area contributed by atoms with Crippen molar-refractivity contribution in [3.63, 3.8) is 0 Å². The van der Waals surface area contributed by atoms with E-state index in [1.165, 1.54) is 0 Å². The summed E-state index contributed by atoms with van der Waals surface area (Å²) >= 11 is 0. The van der Waals surface area contributed by atoms with Crippen LogP contribution in [0.5, 0.6) is 0 Å². The quantitative estimate of drug-likeness (QED) is 0.564. The molecule has 4 nitrogen and oxygen atoms in total. The first-order valence-corrected chi connectivity index (χ1v) is 4.99. The van der Waals surface area contributed by atoms with Gasteiger partial charge in [-0.1, -0.05) is 13.0 Å². The summed E-state index contributed by atoms with van der Waals surface area (Å²) in [5, 5.41) is 10.7. The van der Waals surface area contributed by atoms with Gasteiger partial charge in [-0.25, -0.2) is 0 Å². The van der Waals surface area contributed by atoms with Gasteiger partial charge in [-0.3, -0.25) is 10.1 Å². The van der Waals surface area contributed by atoms with Gasteiger partial charge in [0, 0.05) is 17.7 Å². The Labute approximate surface area is 88.2 Å². The Kier molecular flexibility index (Phi) is 2.04. The minimum absolute atomic E-state index is 0.125. The highest BCUT2D eigenvalue weighted by Gasteiger charge is 2.37. The summed E-state index contributed by atoms with van der Waals surface area (Å²) in [6, 6.07) is 4.98. The van der Waals surface area contributed by atoms with Gasteiger partial charge in [-0.15, -0.1) is 0 Å². The molecule has 0 fully saturated rings. The number of non-ortho nitro benzene ring substituents is 1. The summed E-state index contributed by atoms with van der Waals surface area (Å²) in [6.45, 7) is 4.01. The number of hydrogen-bond acceptors (Lipinski definition) is 3. The molecular formula is C11H14N2O2. The number of benzene rings is 1. The number of nitro benzene ring substituents is 1. The Bertz CT molecular complexity index is 427. The zero-order valence-electron chi connectivity index (χ0n) is 8.86. The molecule has 0 bridgehead atoms. The lowest BCUT2D eigenvalue weighted by Crippen LogP contribution is -2.36. The molecule has 0 amide bonds. The van der Waals surface area contributed by atoms with Gasteiger partial charge in [0.1, 0.15) is 0 Å². The van der Waals surface area contributed by atoms with Crippen molar-refractivity contribution < 1.29 is 4.92 Å². The van der Waals surface area contributed by atoms with Crippen LogP contribution >= 0.6 is 0 Å². The van der Waals surface area contributed by atoms with Crippen molar-refractivity contribution in [3.05, 3.63) is 39.4 Å². The molecule has 80 valence electrons. The maximum Gasteiger partial charge on any atom is 0.269 e. The molecule has 1 aromatic rings.